The van der Waals surface area contributed by atoms with Crippen LogP contribution in [0.25, 0.3) is 0 Å². The molecule has 0 bridgehead atoms. The molecule has 25 heavy (non-hydrogen) atoms. The van der Waals surface area contributed by atoms with Crippen LogP contribution in [0.1, 0.15) is 23.1 Å². The summed E-state index contributed by atoms with van der Waals surface area (Å²) in [4.78, 5) is 4.52. The average Bonchev–Trinajstić information content (AvgIpc) is 3.08. The first kappa shape index (κ1) is 17.4. The van der Waals surface area contributed by atoms with Crippen LogP contribution >= 0.6 is 0 Å². The van der Waals surface area contributed by atoms with Gasteiger partial charge in [0.15, 0.2) is 5.96 Å². The average molecular weight is 358 g/mol. The van der Waals surface area contributed by atoms with Gasteiger partial charge in [-0.3, -0.25) is 0 Å². The van der Waals surface area contributed by atoms with Gasteiger partial charge in [-0.15, -0.1) is 0 Å². The number of anilines is 1. The van der Waals surface area contributed by atoms with Crippen LogP contribution in [0.15, 0.2) is 52.4 Å². The Morgan fingerprint density at radius 2 is 1.96 bits per heavy atom. The molecule has 3 rings (SSSR count). The van der Waals surface area contributed by atoms with E-state index < -0.39 is 10.0 Å². The maximum Gasteiger partial charge on any atom is 0.240 e. The minimum absolute atomic E-state index is 0.216. The van der Waals surface area contributed by atoms with E-state index in [0.717, 1.165) is 24.1 Å². The van der Waals surface area contributed by atoms with Crippen molar-refractivity contribution in [1.29, 1.82) is 0 Å². The highest BCUT2D eigenvalue weighted by Gasteiger charge is 2.12. The number of benzene rings is 2. The molecule has 1 aliphatic rings. The largest absolute Gasteiger partial charge is 0.370 e. The lowest BCUT2D eigenvalue weighted by Gasteiger charge is -2.08. The van der Waals surface area contributed by atoms with Crippen molar-refractivity contribution in [3.05, 3.63) is 59.2 Å². The van der Waals surface area contributed by atoms with Gasteiger partial charge in [-0.1, -0.05) is 18.2 Å². The normalized spacial score (nSPS) is 14.4. The topological polar surface area (TPSA) is 96.6 Å². The molecule has 0 amide bonds. The second-order valence-corrected chi connectivity index (χ2v) is 7.91. The van der Waals surface area contributed by atoms with Crippen LogP contribution in [-0.4, -0.2) is 21.4 Å². The molecule has 6 nitrogen and oxygen atoms in total. The molecule has 2 aromatic rings. The van der Waals surface area contributed by atoms with E-state index >= 15 is 0 Å². The van der Waals surface area contributed by atoms with Crippen molar-refractivity contribution in [3.63, 3.8) is 0 Å². The van der Waals surface area contributed by atoms with Crippen molar-refractivity contribution < 1.29 is 8.42 Å². The van der Waals surface area contributed by atoms with Crippen LogP contribution in [0.5, 0.6) is 0 Å². The van der Waals surface area contributed by atoms with E-state index in [1.165, 1.54) is 24.6 Å². The molecule has 0 saturated carbocycles. The number of sulfonamides is 1. The smallest absolute Gasteiger partial charge is 0.240 e. The molecule has 0 fully saturated rings. The number of hydrogen-bond acceptors (Lipinski definition) is 3. The molecule has 1 aliphatic carbocycles. The molecule has 132 valence electrons. The van der Waals surface area contributed by atoms with Crippen LogP contribution in [0.2, 0.25) is 0 Å². The second-order valence-electron chi connectivity index (χ2n) is 6.02. The number of nitrogens with one attached hydrogen (secondary N) is 2. The third kappa shape index (κ3) is 4.18. The molecule has 4 N–H and O–H groups in total. The van der Waals surface area contributed by atoms with E-state index in [1.54, 1.807) is 18.2 Å². The SMILES string of the molecule is CNS(=O)(=O)c1cccc(CN=C(N)Nc2ccc3c(c2)CCC3)c1. The molecule has 0 aliphatic heterocycles. The van der Waals surface area contributed by atoms with Gasteiger partial charge in [0.25, 0.3) is 0 Å². The lowest BCUT2D eigenvalue weighted by atomic mass is 10.1. The first-order chi connectivity index (χ1) is 12.0. The van der Waals surface area contributed by atoms with Crippen LogP contribution in [-0.2, 0) is 29.4 Å². The summed E-state index contributed by atoms with van der Waals surface area (Å²) in [7, 11) is -2.07. The quantitative estimate of drug-likeness (QED) is 0.563. The van der Waals surface area contributed by atoms with Crippen molar-refractivity contribution in [3.8, 4) is 0 Å². The van der Waals surface area contributed by atoms with Gasteiger partial charge in [-0.05, 0) is 67.3 Å². The molecule has 2 aromatic carbocycles. The first-order valence-corrected chi connectivity index (χ1v) is 9.67. The number of aryl methyl sites for hydroxylation is 2. The number of fused-ring (bicyclic) bond motifs is 1. The molecular weight excluding hydrogens is 336 g/mol. The Morgan fingerprint density at radius 3 is 2.76 bits per heavy atom. The van der Waals surface area contributed by atoms with Crippen molar-refractivity contribution in [2.45, 2.75) is 30.7 Å². The Kier molecular flexibility index (Phi) is 5.06. The molecular formula is C18H22N4O2S. The summed E-state index contributed by atoms with van der Waals surface area (Å²) in [5, 5.41) is 3.10. The Labute approximate surface area is 148 Å². The lowest BCUT2D eigenvalue weighted by Crippen LogP contribution is -2.22. The van der Waals surface area contributed by atoms with Gasteiger partial charge in [0.2, 0.25) is 10.0 Å². The molecule has 0 atom stereocenters. The van der Waals surface area contributed by atoms with E-state index in [1.807, 2.05) is 12.1 Å². The van der Waals surface area contributed by atoms with Gasteiger partial charge in [-0.25, -0.2) is 18.1 Å². The first-order valence-electron chi connectivity index (χ1n) is 8.19. The maximum atomic E-state index is 11.8. The van der Waals surface area contributed by atoms with Crippen molar-refractivity contribution in [2.75, 3.05) is 12.4 Å². The van der Waals surface area contributed by atoms with Crippen molar-refractivity contribution in [1.82, 2.24) is 4.72 Å². The number of aliphatic imine (C=N–C) groups is 1. The third-order valence-corrected chi connectivity index (χ3v) is 5.69. The predicted octanol–water partition coefficient (Wildman–Crippen LogP) is 2.01. The third-order valence-electron chi connectivity index (χ3n) is 4.28. The zero-order valence-electron chi connectivity index (χ0n) is 14.1. The fraction of sp³-hybridized carbons (Fsp3) is 0.278. The Hall–Kier alpha value is -2.38. The Bertz CT molecular complexity index is 907. The maximum absolute atomic E-state index is 11.8. The van der Waals surface area contributed by atoms with Crippen LogP contribution in [0.4, 0.5) is 5.69 Å². The summed E-state index contributed by atoms with van der Waals surface area (Å²) < 4.78 is 26.0. The molecule has 0 heterocycles. The van der Waals surface area contributed by atoms with E-state index in [2.05, 4.69) is 27.2 Å². The van der Waals surface area contributed by atoms with Gasteiger partial charge in [0, 0.05) is 5.69 Å². The second kappa shape index (κ2) is 7.25. The number of hydrogen-bond donors (Lipinski definition) is 3. The zero-order chi connectivity index (χ0) is 17.9. The standard InChI is InChI=1S/C18H22N4O2S/c1-20-25(23,24)17-7-2-4-13(10-17)12-21-18(19)22-16-9-8-14-5-3-6-15(14)11-16/h2,4,7-11,20H,3,5-6,12H2,1H3,(H3,19,21,22). The van der Waals surface area contributed by atoms with Crippen LogP contribution < -0.4 is 15.8 Å². The highest BCUT2D eigenvalue weighted by Crippen LogP contribution is 2.24. The zero-order valence-corrected chi connectivity index (χ0v) is 14.9. The molecule has 7 heteroatoms. The monoisotopic (exact) mass is 358 g/mol. The summed E-state index contributed by atoms with van der Waals surface area (Å²) in [5.74, 6) is 0.305. The van der Waals surface area contributed by atoms with Gasteiger partial charge in [0.05, 0.1) is 11.4 Å². The number of nitrogens with two attached hydrogens (primary N) is 1. The molecule has 0 aromatic heterocycles. The minimum atomic E-state index is -3.46. The molecule has 0 saturated heterocycles. The highest BCUT2D eigenvalue weighted by molar-refractivity contribution is 7.89. The van der Waals surface area contributed by atoms with E-state index in [9.17, 15) is 8.42 Å². The van der Waals surface area contributed by atoms with Crippen LogP contribution in [0, 0.1) is 0 Å². The van der Waals surface area contributed by atoms with Gasteiger partial charge < -0.3 is 11.1 Å². The fourth-order valence-corrected chi connectivity index (χ4v) is 3.74. The summed E-state index contributed by atoms with van der Waals surface area (Å²) >= 11 is 0. The minimum Gasteiger partial charge on any atom is -0.370 e. The van der Waals surface area contributed by atoms with E-state index in [4.69, 9.17) is 5.73 Å². The summed E-state index contributed by atoms with van der Waals surface area (Å²) in [6.45, 7) is 0.302. The van der Waals surface area contributed by atoms with Gasteiger partial charge in [0.1, 0.15) is 0 Å². The fourth-order valence-electron chi connectivity index (χ4n) is 2.94. The number of guanidine groups is 1. The van der Waals surface area contributed by atoms with Gasteiger partial charge >= 0.3 is 0 Å². The molecule has 0 radical (unpaired) electrons. The van der Waals surface area contributed by atoms with E-state index in [0.29, 0.717) is 12.5 Å². The van der Waals surface area contributed by atoms with Crippen molar-refractivity contribution in [2.24, 2.45) is 10.7 Å². The van der Waals surface area contributed by atoms with Crippen LogP contribution in [0.3, 0.4) is 0 Å². The Morgan fingerprint density at radius 1 is 1.16 bits per heavy atom. The predicted molar refractivity (Wildman–Crippen MR) is 100 cm³/mol. The molecule has 0 unspecified atom stereocenters. The summed E-state index contributed by atoms with van der Waals surface area (Å²) in [6, 6.07) is 12.9. The van der Waals surface area contributed by atoms with Crippen molar-refractivity contribution >= 4 is 21.7 Å². The highest BCUT2D eigenvalue weighted by atomic mass is 32.2. The summed E-state index contributed by atoms with van der Waals surface area (Å²) in [5.41, 5.74) is 10.4. The Balaban J connectivity index is 1.68. The number of nitrogens with zero attached hydrogens (tertiary/aromatic N) is 1. The van der Waals surface area contributed by atoms with Gasteiger partial charge in [-0.2, -0.15) is 0 Å². The number of rotatable bonds is 5. The lowest BCUT2D eigenvalue weighted by molar-refractivity contribution is 0.588. The van der Waals surface area contributed by atoms with E-state index in [-0.39, 0.29) is 4.90 Å². The summed E-state index contributed by atoms with van der Waals surface area (Å²) in [6.07, 6.45) is 3.45. The molecule has 0 spiro atoms.